The average molecular weight is 390 g/mol. The molecule has 0 saturated heterocycles. The second kappa shape index (κ2) is 11.3. The molecule has 2 aromatic carbocycles. The van der Waals surface area contributed by atoms with Gasteiger partial charge in [-0.15, -0.1) is 11.8 Å². The third kappa shape index (κ3) is 7.84. The lowest BCUT2D eigenvalue weighted by molar-refractivity contribution is -0.121. The molecular formula is C22H28ClNOS. The minimum Gasteiger partial charge on any atom is -0.356 e. The van der Waals surface area contributed by atoms with Gasteiger partial charge >= 0.3 is 0 Å². The highest BCUT2D eigenvalue weighted by atomic mass is 35.5. The zero-order valence-corrected chi connectivity index (χ0v) is 17.2. The molecule has 0 saturated carbocycles. The Morgan fingerprint density at radius 2 is 1.73 bits per heavy atom. The van der Waals surface area contributed by atoms with Gasteiger partial charge in [-0.2, -0.15) is 0 Å². The predicted octanol–water partition coefficient (Wildman–Crippen LogP) is 6.08. The zero-order valence-electron chi connectivity index (χ0n) is 15.6. The number of benzene rings is 2. The molecule has 0 aliphatic heterocycles. The molecule has 0 atom stereocenters. The van der Waals surface area contributed by atoms with Crippen LogP contribution in [0.1, 0.15) is 50.2 Å². The maximum Gasteiger partial charge on any atom is 0.220 e. The SMILES string of the molecule is CC(C)c1ccc(CCCNC(=O)CCCSc2ccc(Cl)cc2)cc1. The zero-order chi connectivity index (χ0) is 18.8. The highest BCUT2D eigenvalue weighted by Crippen LogP contribution is 2.21. The van der Waals surface area contributed by atoms with Crippen LogP contribution < -0.4 is 5.32 Å². The third-order valence-electron chi connectivity index (χ3n) is 4.24. The number of thioether (sulfide) groups is 1. The van der Waals surface area contributed by atoms with Crippen LogP contribution in [0.15, 0.2) is 53.4 Å². The van der Waals surface area contributed by atoms with Crippen molar-refractivity contribution in [3.05, 3.63) is 64.7 Å². The van der Waals surface area contributed by atoms with E-state index in [0.717, 1.165) is 36.6 Å². The summed E-state index contributed by atoms with van der Waals surface area (Å²) in [5.41, 5.74) is 2.71. The summed E-state index contributed by atoms with van der Waals surface area (Å²) in [6, 6.07) is 16.6. The van der Waals surface area contributed by atoms with Crippen molar-refractivity contribution in [3.63, 3.8) is 0 Å². The largest absolute Gasteiger partial charge is 0.356 e. The maximum absolute atomic E-state index is 11.9. The normalized spacial score (nSPS) is 10.9. The van der Waals surface area contributed by atoms with Crippen LogP contribution in [0.5, 0.6) is 0 Å². The number of halogens is 1. The number of rotatable bonds is 10. The molecule has 2 aromatic rings. The number of nitrogens with one attached hydrogen (secondary N) is 1. The first-order chi connectivity index (χ1) is 12.5. The van der Waals surface area contributed by atoms with Crippen LogP contribution in [0.3, 0.4) is 0 Å². The van der Waals surface area contributed by atoms with Crippen LogP contribution in [-0.2, 0) is 11.2 Å². The minimum atomic E-state index is 0.150. The monoisotopic (exact) mass is 389 g/mol. The Labute approximate surface area is 166 Å². The number of carbonyl (C=O) groups is 1. The average Bonchev–Trinajstić information content (AvgIpc) is 2.64. The van der Waals surface area contributed by atoms with Gasteiger partial charge in [0.1, 0.15) is 0 Å². The Morgan fingerprint density at radius 1 is 1.04 bits per heavy atom. The standard InChI is InChI=1S/C22H28ClNOS/c1-17(2)19-9-7-18(8-10-19)5-3-15-24-22(25)6-4-16-26-21-13-11-20(23)12-14-21/h7-14,17H,3-6,15-16H2,1-2H3,(H,24,25). The van der Waals surface area contributed by atoms with E-state index in [2.05, 4.69) is 43.4 Å². The molecule has 140 valence electrons. The highest BCUT2D eigenvalue weighted by Gasteiger charge is 2.03. The Bertz CT molecular complexity index is 668. The van der Waals surface area contributed by atoms with Gasteiger partial charge in [0.25, 0.3) is 0 Å². The Balaban J connectivity index is 1.54. The number of hydrogen-bond donors (Lipinski definition) is 1. The minimum absolute atomic E-state index is 0.150. The molecule has 2 rings (SSSR count). The van der Waals surface area contributed by atoms with Gasteiger partial charge in [-0.05, 0) is 66.3 Å². The lowest BCUT2D eigenvalue weighted by Gasteiger charge is -2.08. The van der Waals surface area contributed by atoms with Crippen molar-refractivity contribution in [2.45, 2.75) is 50.3 Å². The van der Waals surface area contributed by atoms with Crippen LogP contribution in [-0.4, -0.2) is 18.2 Å². The fourth-order valence-electron chi connectivity index (χ4n) is 2.63. The van der Waals surface area contributed by atoms with Gasteiger partial charge in [0.15, 0.2) is 0 Å². The molecular weight excluding hydrogens is 362 g/mol. The second-order valence-corrected chi connectivity index (χ2v) is 8.36. The Hall–Kier alpha value is -1.45. The van der Waals surface area contributed by atoms with Crippen molar-refractivity contribution in [1.82, 2.24) is 5.32 Å². The van der Waals surface area contributed by atoms with Crippen LogP contribution in [0, 0.1) is 0 Å². The molecule has 0 aromatic heterocycles. The highest BCUT2D eigenvalue weighted by molar-refractivity contribution is 7.99. The molecule has 26 heavy (non-hydrogen) atoms. The van der Waals surface area contributed by atoms with E-state index in [1.807, 2.05) is 24.3 Å². The van der Waals surface area contributed by atoms with E-state index in [9.17, 15) is 4.79 Å². The second-order valence-electron chi connectivity index (χ2n) is 6.76. The molecule has 1 amide bonds. The first kappa shape index (κ1) is 20.9. The molecule has 0 fully saturated rings. The molecule has 0 aliphatic carbocycles. The first-order valence-electron chi connectivity index (χ1n) is 9.28. The quantitative estimate of drug-likeness (QED) is 0.393. The first-order valence-corrected chi connectivity index (χ1v) is 10.6. The molecule has 0 spiro atoms. The van der Waals surface area contributed by atoms with E-state index < -0.39 is 0 Å². The molecule has 1 N–H and O–H groups in total. The van der Waals surface area contributed by atoms with Crippen LogP contribution in [0.25, 0.3) is 0 Å². The van der Waals surface area contributed by atoms with Gasteiger partial charge in [0.05, 0.1) is 0 Å². The van der Waals surface area contributed by atoms with Gasteiger partial charge < -0.3 is 5.32 Å². The molecule has 0 radical (unpaired) electrons. The van der Waals surface area contributed by atoms with Crippen molar-refractivity contribution in [3.8, 4) is 0 Å². The van der Waals surface area contributed by atoms with Crippen molar-refractivity contribution in [2.24, 2.45) is 0 Å². The van der Waals surface area contributed by atoms with Crippen molar-refractivity contribution in [2.75, 3.05) is 12.3 Å². The predicted molar refractivity (Wildman–Crippen MR) is 113 cm³/mol. The van der Waals surface area contributed by atoms with Gasteiger partial charge in [-0.1, -0.05) is 49.7 Å². The fourth-order valence-corrected chi connectivity index (χ4v) is 3.61. The summed E-state index contributed by atoms with van der Waals surface area (Å²) in [5.74, 6) is 1.66. The van der Waals surface area contributed by atoms with Gasteiger partial charge in [-0.25, -0.2) is 0 Å². The van der Waals surface area contributed by atoms with E-state index >= 15 is 0 Å². The summed E-state index contributed by atoms with van der Waals surface area (Å²) in [4.78, 5) is 13.1. The van der Waals surface area contributed by atoms with Crippen LogP contribution in [0.2, 0.25) is 5.02 Å². The van der Waals surface area contributed by atoms with Gasteiger partial charge in [-0.3, -0.25) is 4.79 Å². The van der Waals surface area contributed by atoms with Crippen LogP contribution >= 0.6 is 23.4 Å². The summed E-state index contributed by atoms with van der Waals surface area (Å²) >= 11 is 7.63. The molecule has 2 nitrogen and oxygen atoms in total. The smallest absolute Gasteiger partial charge is 0.220 e. The number of aryl methyl sites for hydroxylation is 1. The lowest BCUT2D eigenvalue weighted by Crippen LogP contribution is -2.24. The fraction of sp³-hybridized carbons (Fsp3) is 0.409. The molecule has 0 unspecified atom stereocenters. The Kier molecular flexibility index (Phi) is 9.07. The van der Waals surface area contributed by atoms with E-state index in [1.54, 1.807) is 11.8 Å². The molecule has 0 aliphatic rings. The van der Waals surface area contributed by atoms with Gasteiger partial charge in [0, 0.05) is 22.9 Å². The third-order valence-corrected chi connectivity index (χ3v) is 5.59. The van der Waals surface area contributed by atoms with Crippen molar-refractivity contribution < 1.29 is 4.79 Å². The number of hydrogen-bond acceptors (Lipinski definition) is 2. The summed E-state index contributed by atoms with van der Waals surface area (Å²) in [6.07, 6.45) is 3.46. The topological polar surface area (TPSA) is 29.1 Å². The maximum atomic E-state index is 11.9. The summed E-state index contributed by atoms with van der Waals surface area (Å²) < 4.78 is 0. The van der Waals surface area contributed by atoms with Crippen LogP contribution in [0.4, 0.5) is 0 Å². The lowest BCUT2D eigenvalue weighted by atomic mass is 10.0. The van der Waals surface area contributed by atoms with E-state index in [0.29, 0.717) is 12.3 Å². The van der Waals surface area contributed by atoms with Crippen molar-refractivity contribution in [1.29, 1.82) is 0 Å². The number of amides is 1. The summed E-state index contributed by atoms with van der Waals surface area (Å²) in [6.45, 7) is 5.16. The van der Waals surface area contributed by atoms with Gasteiger partial charge in [0.2, 0.25) is 5.91 Å². The Morgan fingerprint density at radius 3 is 2.38 bits per heavy atom. The molecule has 0 bridgehead atoms. The van der Waals surface area contributed by atoms with E-state index in [-0.39, 0.29) is 5.91 Å². The molecule has 0 heterocycles. The molecule has 4 heteroatoms. The summed E-state index contributed by atoms with van der Waals surface area (Å²) in [5, 5.41) is 3.78. The van der Waals surface area contributed by atoms with Crippen molar-refractivity contribution >= 4 is 29.3 Å². The number of carbonyl (C=O) groups excluding carboxylic acids is 1. The summed E-state index contributed by atoms with van der Waals surface area (Å²) in [7, 11) is 0. The van der Waals surface area contributed by atoms with E-state index in [1.165, 1.54) is 16.0 Å². The van der Waals surface area contributed by atoms with E-state index in [4.69, 9.17) is 11.6 Å².